The molecule has 174 valence electrons. The van der Waals surface area contributed by atoms with E-state index in [0.29, 0.717) is 53.8 Å². The number of ketones is 1. The normalized spacial score (nSPS) is 59.2. The third-order valence-electron chi connectivity index (χ3n) is 11.8. The summed E-state index contributed by atoms with van der Waals surface area (Å²) in [5.41, 5.74) is -0.482. The van der Waals surface area contributed by atoms with Gasteiger partial charge in [-0.2, -0.15) is 0 Å². The van der Waals surface area contributed by atoms with Crippen LogP contribution in [-0.4, -0.2) is 51.7 Å². The van der Waals surface area contributed by atoms with Crippen molar-refractivity contribution in [1.82, 2.24) is 4.90 Å². The Labute approximate surface area is 188 Å². The maximum atomic E-state index is 13.2. The first-order valence-corrected chi connectivity index (χ1v) is 13.4. The Morgan fingerprint density at radius 3 is 2.52 bits per heavy atom. The molecule has 4 saturated carbocycles. The Hall–Kier alpha value is -0.450. The second kappa shape index (κ2) is 7.03. The van der Waals surface area contributed by atoms with Crippen LogP contribution in [0.3, 0.4) is 0 Å². The van der Waals surface area contributed by atoms with E-state index in [4.69, 9.17) is 0 Å². The molecule has 2 heterocycles. The third-order valence-corrected chi connectivity index (χ3v) is 11.8. The van der Waals surface area contributed by atoms with Crippen LogP contribution in [0.25, 0.3) is 0 Å². The molecule has 2 aliphatic heterocycles. The lowest BCUT2D eigenvalue weighted by atomic mass is 9.51. The van der Waals surface area contributed by atoms with Gasteiger partial charge in [-0.3, -0.25) is 9.69 Å². The van der Waals surface area contributed by atoms with Crippen molar-refractivity contribution in [2.75, 3.05) is 13.1 Å². The Balaban J connectivity index is 1.31. The second-order valence-electron chi connectivity index (χ2n) is 13.2. The summed E-state index contributed by atoms with van der Waals surface area (Å²) in [6.07, 6.45) is 9.08. The van der Waals surface area contributed by atoms with Gasteiger partial charge in [-0.05, 0) is 105 Å². The van der Waals surface area contributed by atoms with Gasteiger partial charge in [-0.15, -0.1) is 0 Å². The lowest BCUT2D eigenvalue weighted by Crippen LogP contribution is -2.67. The number of Topliss-reactive ketones (excluding diaryl/α,β-unsaturated/α-hetero) is 1. The topological polar surface area (TPSA) is 60.8 Å². The minimum absolute atomic E-state index is 0.0789. The summed E-state index contributed by atoms with van der Waals surface area (Å²) in [6, 6.07) is 0.341. The highest BCUT2D eigenvalue weighted by atomic mass is 16.3. The van der Waals surface area contributed by atoms with Crippen LogP contribution in [0.4, 0.5) is 0 Å². The predicted octanol–water partition coefficient (Wildman–Crippen LogP) is 3.89. The van der Waals surface area contributed by atoms with Gasteiger partial charge in [0.2, 0.25) is 0 Å². The highest BCUT2D eigenvalue weighted by molar-refractivity contribution is 5.83. The first kappa shape index (κ1) is 21.1. The molecule has 0 spiro atoms. The third kappa shape index (κ3) is 2.93. The maximum absolute atomic E-state index is 13.2. The SMILES string of the molecule is C[C@H]1CC[C@@H]2N(C1)C[C@@H]1[C@@H]3C[C@@H]4[C@H](CC(=O)[C@@H]5C[C@@H](O)CC[C@]45C)[C@H]3CC[C@H]1[C@@]2(C)O. The molecule has 0 unspecified atom stereocenters. The Morgan fingerprint density at radius 2 is 1.71 bits per heavy atom. The van der Waals surface area contributed by atoms with Gasteiger partial charge in [-0.25, -0.2) is 0 Å². The van der Waals surface area contributed by atoms with Gasteiger partial charge in [0.25, 0.3) is 0 Å². The Bertz CT molecular complexity index is 751. The fraction of sp³-hybridized carbons (Fsp3) is 0.963. The lowest BCUT2D eigenvalue weighted by molar-refractivity contribution is -0.175. The number of hydrogen-bond acceptors (Lipinski definition) is 4. The van der Waals surface area contributed by atoms with Crippen molar-refractivity contribution in [1.29, 1.82) is 0 Å². The molecule has 0 aromatic rings. The number of fused-ring (bicyclic) bond motifs is 8. The predicted molar refractivity (Wildman–Crippen MR) is 120 cm³/mol. The van der Waals surface area contributed by atoms with Gasteiger partial charge in [0, 0.05) is 31.5 Å². The summed E-state index contributed by atoms with van der Waals surface area (Å²) < 4.78 is 0. The molecule has 6 fully saturated rings. The highest BCUT2D eigenvalue weighted by Gasteiger charge is 2.64. The molecule has 4 aliphatic carbocycles. The summed E-state index contributed by atoms with van der Waals surface area (Å²) in [5.74, 6) is 4.82. The van der Waals surface area contributed by atoms with E-state index in [1.54, 1.807) is 0 Å². The van der Waals surface area contributed by atoms with Crippen LogP contribution >= 0.6 is 0 Å². The summed E-state index contributed by atoms with van der Waals surface area (Å²) in [5, 5.41) is 22.1. The number of aliphatic hydroxyl groups excluding tert-OH is 1. The summed E-state index contributed by atoms with van der Waals surface area (Å²) in [4.78, 5) is 15.9. The van der Waals surface area contributed by atoms with E-state index in [0.717, 1.165) is 44.6 Å². The summed E-state index contributed by atoms with van der Waals surface area (Å²) in [7, 11) is 0. The van der Waals surface area contributed by atoms with Crippen molar-refractivity contribution in [2.24, 2.45) is 52.8 Å². The molecular weight excluding hydrogens is 386 g/mol. The van der Waals surface area contributed by atoms with E-state index in [1.165, 1.54) is 25.8 Å². The molecule has 0 aromatic heterocycles. The van der Waals surface area contributed by atoms with E-state index >= 15 is 0 Å². The quantitative estimate of drug-likeness (QED) is 0.613. The van der Waals surface area contributed by atoms with Crippen LogP contribution in [0.2, 0.25) is 0 Å². The number of rotatable bonds is 0. The molecule has 0 radical (unpaired) electrons. The molecule has 6 rings (SSSR count). The molecule has 0 aromatic carbocycles. The second-order valence-corrected chi connectivity index (χ2v) is 13.2. The number of carbonyl (C=O) groups excluding carboxylic acids is 1. The zero-order valence-corrected chi connectivity index (χ0v) is 19.8. The van der Waals surface area contributed by atoms with Crippen molar-refractivity contribution in [3.63, 3.8) is 0 Å². The van der Waals surface area contributed by atoms with E-state index in [1.807, 2.05) is 0 Å². The van der Waals surface area contributed by atoms with Gasteiger partial charge in [0.15, 0.2) is 0 Å². The number of nitrogens with zero attached hydrogens (tertiary/aromatic N) is 1. The van der Waals surface area contributed by atoms with Crippen molar-refractivity contribution in [2.45, 2.75) is 96.3 Å². The summed E-state index contributed by atoms with van der Waals surface area (Å²) >= 11 is 0. The standard InChI is InChI=1S/C27H43NO3/c1-15-4-7-25-27(3,31)21-6-5-17-18(20(21)14-28(25)13-15)11-22-19(17)12-24(30)23-10-16(29)8-9-26(22,23)2/h15-23,25,29,31H,4-14H2,1-3H3/t15-,16-,17-,18+,19+,20+,21+,22+,23-,25-,26+,27+/m0/s1. The van der Waals surface area contributed by atoms with Crippen LogP contribution in [-0.2, 0) is 4.79 Å². The van der Waals surface area contributed by atoms with Crippen LogP contribution in [0.15, 0.2) is 0 Å². The van der Waals surface area contributed by atoms with Gasteiger partial charge in [0.05, 0.1) is 11.7 Å². The van der Waals surface area contributed by atoms with Crippen LogP contribution in [0, 0.1) is 52.8 Å². The molecule has 6 aliphatic rings. The van der Waals surface area contributed by atoms with Gasteiger partial charge >= 0.3 is 0 Å². The zero-order valence-electron chi connectivity index (χ0n) is 19.8. The minimum atomic E-state index is -0.570. The molecule has 12 atom stereocenters. The smallest absolute Gasteiger partial charge is 0.136 e. The zero-order chi connectivity index (χ0) is 21.7. The van der Waals surface area contributed by atoms with Gasteiger partial charge in [0.1, 0.15) is 5.78 Å². The first-order valence-electron chi connectivity index (χ1n) is 13.4. The number of piperidine rings is 2. The monoisotopic (exact) mass is 429 g/mol. The Kier molecular flexibility index (Phi) is 4.78. The molecule has 0 bridgehead atoms. The van der Waals surface area contributed by atoms with E-state index in [9.17, 15) is 15.0 Å². The first-order chi connectivity index (χ1) is 14.7. The van der Waals surface area contributed by atoms with Crippen molar-refractivity contribution in [3.05, 3.63) is 0 Å². The van der Waals surface area contributed by atoms with Gasteiger partial charge in [-0.1, -0.05) is 13.8 Å². The van der Waals surface area contributed by atoms with Crippen LogP contribution in [0.1, 0.15) is 78.6 Å². The number of carbonyl (C=O) groups is 1. The average molecular weight is 430 g/mol. The largest absolute Gasteiger partial charge is 0.393 e. The molecule has 0 amide bonds. The van der Waals surface area contributed by atoms with E-state index < -0.39 is 5.60 Å². The lowest BCUT2D eigenvalue weighted by Gasteiger charge is -2.59. The summed E-state index contributed by atoms with van der Waals surface area (Å²) in [6.45, 7) is 9.23. The van der Waals surface area contributed by atoms with E-state index in [-0.39, 0.29) is 17.4 Å². The molecular formula is C27H43NO3. The van der Waals surface area contributed by atoms with Crippen molar-refractivity contribution >= 4 is 5.78 Å². The van der Waals surface area contributed by atoms with E-state index in [2.05, 4.69) is 25.7 Å². The van der Waals surface area contributed by atoms with Crippen molar-refractivity contribution < 1.29 is 15.0 Å². The van der Waals surface area contributed by atoms with Crippen LogP contribution < -0.4 is 0 Å². The highest BCUT2D eigenvalue weighted by Crippen LogP contribution is 2.66. The Morgan fingerprint density at radius 1 is 0.903 bits per heavy atom. The number of hydrogen-bond donors (Lipinski definition) is 2. The maximum Gasteiger partial charge on any atom is 0.136 e. The molecule has 4 nitrogen and oxygen atoms in total. The van der Waals surface area contributed by atoms with Crippen LogP contribution in [0.5, 0.6) is 0 Å². The fourth-order valence-electron chi connectivity index (χ4n) is 10.4. The molecule has 2 saturated heterocycles. The van der Waals surface area contributed by atoms with Gasteiger partial charge < -0.3 is 10.2 Å². The molecule has 2 N–H and O–H groups in total. The minimum Gasteiger partial charge on any atom is -0.393 e. The average Bonchev–Trinajstić information content (AvgIpc) is 3.09. The molecule has 4 heteroatoms. The fourth-order valence-corrected chi connectivity index (χ4v) is 10.4. The molecule has 31 heavy (non-hydrogen) atoms. The number of aliphatic hydroxyl groups is 2. The van der Waals surface area contributed by atoms with Crippen molar-refractivity contribution in [3.8, 4) is 0 Å².